The molecule has 0 atom stereocenters. The largest absolute Gasteiger partial charge is 0.461 e. The second kappa shape index (κ2) is 6.33. The van der Waals surface area contributed by atoms with Crippen molar-refractivity contribution in [1.29, 1.82) is 0 Å². The zero-order chi connectivity index (χ0) is 18.7. The van der Waals surface area contributed by atoms with Crippen molar-refractivity contribution < 1.29 is 4.42 Å². The number of benzene rings is 1. The lowest BCUT2D eigenvalue weighted by Gasteiger charge is -2.26. The van der Waals surface area contributed by atoms with Crippen molar-refractivity contribution in [2.45, 2.75) is 38.8 Å². The normalized spacial score (nSPS) is 17.5. The second-order valence-corrected chi connectivity index (χ2v) is 8.45. The summed E-state index contributed by atoms with van der Waals surface area (Å²) >= 11 is 6.73. The first kappa shape index (κ1) is 16.6. The van der Waals surface area contributed by atoms with Gasteiger partial charge in [-0.05, 0) is 36.5 Å². The van der Waals surface area contributed by atoms with E-state index in [1.54, 1.807) is 0 Å². The summed E-state index contributed by atoms with van der Waals surface area (Å²) in [5.74, 6) is 2.93. The fourth-order valence-corrected chi connectivity index (χ4v) is 4.57. The minimum atomic E-state index is 0.722. The van der Waals surface area contributed by atoms with Gasteiger partial charge in [-0.3, -0.25) is 9.30 Å². The van der Waals surface area contributed by atoms with Crippen LogP contribution in [0.2, 0.25) is 5.02 Å². The number of rotatable bonds is 4. The summed E-state index contributed by atoms with van der Waals surface area (Å²) in [6.07, 6.45) is 6.62. The molecule has 0 unspecified atom stereocenters. The second-order valence-electron chi connectivity index (χ2n) is 8.07. The van der Waals surface area contributed by atoms with Crippen molar-refractivity contribution >= 4 is 28.2 Å². The van der Waals surface area contributed by atoms with Gasteiger partial charge >= 0.3 is 0 Å². The van der Waals surface area contributed by atoms with Crippen LogP contribution >= 0.6 is 11.6 Å². The van der Waals surface area contributed by atoms with Crippen LogP contribution in [0.25, 0.3) is 16.6 Å². The van der Waals surface area contributed by atoms with Crippen molar-refractivity contribution in [2.24, 2.45) is 5.92 Å². The number of furan rings is 1. The standard InChI is InChI=1S/C22H21ClN4O/c23-21-15(7-10-27-20(11-14-5-6-14)24-25-22(21)27)12-26-9-8-19-17(13-26)16-3-1-2-4-18(16)28-19/h1-4,7,10,14H,5-6,8-9,11-13H2. The SMILES string of the molecule is Clc1c(CN2CCc3oc4ccccc4c3C2)ccn2c(CC3CC3)nnc12. The fraction of sp³-hybridized carbons (Fsp3) is 0.364. The molecule has 1 fully saturated rings. The molecule has 28 heavy (non-hydrogen) atoms. The van der Waals surface area contributed by atoms with Crippen LogP contribution in [0.5, 0.6) is 0 Å². The van der Waals surface area contributed by atoms with E-state index in [0.29, 0.717) is 0 Å². The first-order chi connectivity index (χ1) is 13.8. The molecule has 1 saturated carbocycles. The Morgan fingerprint density at radius 1 is 1.14 bits per heavy atom. The van der Waals surface area contributed by atoms with Gasteiger partial charge in [0, 0.05) is 49.6 Å². The van der Waals surface area contributed by atoms with E-state index in [-0.39, 0.29) is 0 Å². The van der Waals surface area contributed by atoms with E-state index < -0.39 is 0 Å². The summed E-state index contributed by atoms with van der Waals surface area (Å²) in [5.41, 5.74) is 4.19. The average molecular weight is 393 g/mol. The van der Waals surface area contributed by atoms with E-state index in [1.165, 1.54) is 23.8 Å². The molecule has 4 aromatic rings. The summed E-state index contributed by atoms with van der Waals surface area (Å²) in [7, 11) is 0. The number of halogens is 1. The van der Waals surface area contributed by atoms with Crippen molar-refractivity contribution in [1.82, 2.24) is 19.5 Å². The Morgan fingerprint density at radius 3 is 2.93 bits per heavy atom. The smallest absolute Gasteiger partial charge is 0.179 e. The van der Waals surface area contributed by atoms with Crippen LogP contribution in [0.15, 0.2) is 40.9 Å². The predicted molar refractivity (Wildman–Crippen MR) is 108 cm³/mol. The monoisotopic (exact) mass is 392 g/mol. The molecule has 0 radical (unpaired) electrons. The van der Waals surface area contributed by atoms with Gasteiger partial charge < -0.3 is 4.42 Å². The Bertz CT molecular complexity index is 1190. The zero-order valence-electron chi connectivity index (χ0n) is 15.6. The number of hydrogen-bond acceptors (Lipinski definition) is 4. The molecule has 142 valence electrons. The van der Waals surface area contributed by atoms with Crippen LogP contribution in [0.4, 0.5) is 0 Å². The molecule has 0 bridgehead atoms. The Hall–Kier alpha value is -2.37. The number of para-hydroxylation sites is 1. The highest BCUT2D eigenvalue weighted by Crippen LogP contribution is 2.34. The molecule has 0 amide bonds. The van der Waals surface area contributed by atoms with Crippen LogP contribution in [0, 0.1) is 5.92 Å². The van der Waals surface area contributed by atoms with Crippen molar-refractivity contribution in [3.05, 3.63) is 64.3 Å². The van der Waals surface area contributed by atoms with Gasteiger partial charge in [0.1, 0.15) is 17.2 Å². The van der Waals surface area contributed by atoms with Gasteiger partial charge in [-0.15, -0.1) is 10.2 Å². The molecule has 4 heterocycles. The minimum Gasteiger partial charge on any atom is -0.461 e. The van der Waals surface area contributed by atoms with Crippen LogP contribution < -0.4 is 0 Å². The van der Waals surface area contributed by atoms with Gasteiger partial charge in [0.2, 0.25) is 0 Å². The molecule has 6 heteroatoms. The third kappa shape index (κ3) is 2.73. The maximum Gasteiger partial charge on any atom is 0.179 e. The van der Waals surface area contributed by atoms with Crippen molar-refractivity contribution in [3.8, 4) is 0 Å². The highest BCUT2D eigenvalue weighted by atomic mass is 35.5. The van der Waals surface area contributed by atoms with E-state index in [4.69, 9.17) is 16.0 Å². The van der Waals surface area contributed by atoms with E-state index in [0.717, 1.165) is 71.8 Å². The highest BCUT2D eigenvalue weighted by Gasteiger charge is 2.26. The molecule has 0 N–H and O–H groups in total. The lowest BCUT2D eigenvalue weighted by Crippen LogP contribution is -2.29. The van der Waals surface area contributed by atoms with Crippen LogP contribution in [0.1, 0.15) is 35.6 Å². The molecule has 0 spiro atoms. The summed E-state index contributed by atoms with van der Waals surface area (Å²) in [4.78, 5) is 2.43. The Balaban J connectivity index is 1.28. The van der Waals surface area contributed by atoms with Gasteiger partial charge in [0.15, 0.2) is 5.65 Å². The fourth-order valence-electron chi connectivity index (χ4n) is 4.32. The third-order valence-corrected chi connectivity index (χ3v) is 6.46. The molecular weight excluding hydrogens is 372 g/mol. The average Bonchev–Trinajstić information content (AvgIpc) is 3.32. The van der Waals surface area contributed by atoms with E-state index in [1.807, 2.05) is 12.1 Å². The highest BCUT2D eigenvalue weighted by molar-refractivity contribution is 6.34. The summed E-state index contributed by atoms with van der Waals surface area (Å²) in [6.45, 7) is 2.65. The quantitative estimate of drug-likeness (QED) is 0.507. The number of aromatic nitrogens is 3. The van der Waals surface area contributed by atoms with Crippen molar-refractivity contribution in [2.75, 3.05) is 6.54 Å². The number of nitrogens with zero attached hydrogens (tertiary/aromatic N) is 4. The van der Waals surface area contributed by atoms with E-state index in [2.05, 4.69) is 43.9 Å². The molecule has 0 saturated heterocycles. The molecule has 1 aliphatic carbocycles. The molecule has 5 nitrogen and oxygen atoms in total. The Kier molecular flexibility index (Phi) is 3.74. The molecule has 6 rings (SSSR count). The van der Waals surface area contributed by atoms with Crippen molar-refractivity contribution in [3.63, 3.8) is 0 Å². The summed E-state index contributed by atoms with van der Waals surface area (Å²) in [6, 6.07) is 10.4. The molecule has 1 aromatic carbocycles. The molecular formula is C22H21ClN4O. The van der Waals surface area contributed by atoms with Crippen LogP contribution in [0.3, 0.4) is 0 Å². The first-order valence-corrected chi connectivity index (χ1v) is 10.4. The zero-order valence-corrected chi connectivity index (χ0v) is 16.3. The minimum absolute atomic E-state index is 0.722. The maximum atomic E-state index is 6.73. The maximum absolute atomic E-state index is 6.73. The number of pyridine rings is 1. The lowest BCUT2D eigenvalue weighted by molar-refractivity contribution is 0.235. The van der Waals surface area contributed by atoms with Gasteiger partial charge in [0.05, 0.1) is 5.02 Å². The van der Waals surface area contributed by atoms with Gasteiger partial charge in [-0.1, -0.05) is 29.8 Å². The third-order valence-electron chi connectivity index (χ3n) is 6.05. The van der Waals surface area contributed by atoms with E-state index >= 15 is 0 Å². The Morgan fingerprint density at radius 2 is 2.04 bits per heavy atom. The van der Waals surface area contributed by atoms with Gasteiger partial charge in [-0.2, -0.15) is 0 Å². The number of fused-ring (bicyclic) bond motifs is 4. The summed E-state index contributed by atoms with van der Waals surface area (Å²) < 4.78 is 8.09. The van der Waals surface area contributed by atoms with Crippen LogP contribution in [-0.4, -0.2) is 26.0 Å². The van der Waals surface area contributed by atoms with Crippen LogP contribution in [-0.2, 0) is 25.9 Å². The number of hydrogen-bond donors (Lipinski definition) is 0. The Labute approximate surface area is 167 Å². The van der Waals surface area contributed by atoms with Gasteiger partial charge in [-0.25, -0.2) is 0 Å². The lowest BCUT2D eigenvalue weighted by atomic mass is 10.0. The molecule has 3 aromatic heterocycles. The molecule has 2 aliphatic rings. The topological polar surface area (TPSA) is 46.6 Å². The summed E-state index contributed by atoms with van der Waals surface area (Å²) in [5, 5.41) is 10.7. The van der Waals surface area contributed by atoms with E-state index in [9.17, 15) is 0 Å². The first-order valence-electron chi connectivity index (χ1n) is 9.99. The van der Waals surface area contributed by atoms with Gasteiger partial charge in [0.25, 0.3) is 0 Å². The predicted octanol–water partition coefficient (Wildman–Crippen LogP) is 4.64. The molecule has 1 aliphatic heterocycles.